The van der Waals surface area contributed by atoms with Gasteiger partial charge in [0.2, 0.25) is 0 Å². The molecule has 0 aliphatic heterocycles. The summed E-state index contributed by atoms with van der Waals surface area (Å²) in [6.07, 6.45) is 3.16. The summed E-state index contributed by atoms with van der Waals surface area (Å²) in [6.45, 7) is 2.20. The van der Waals surface area contributed by atoms with E-state index in [-0.39, 0.29) is 6.04 Å². The highest BCUT2D eigenvalue weighted by atomic mass is 35.5. The van der Waals surface area contributed by atoms with Crippen LogP contribution in [0.3, 0.4) is 0 Å². The molecule has 0 amide bonds. The largest absolute Gasteiger partial charge is 0.313 e. The van der Waals surface area contributed by atoms with Gasteiger partial charge in [0, 0.05) is 16.1 Å². The SMILES string of the molecule is CCCc1ccc(C(Cc2ccc(Cl)cc2Cl)NC)cc1. The molecule has 112 valence electrons. The van der Waals surface area contributed by atoms with Crippen LogP contribution in [0, 0.1) is 0 Å². The highest BCUT2D eigenvalue weighted by Gasteiger charge is 2.12. The number of aryl methyl sites for hydroxylation is 1. The molecule has 0 fully saturated rings. The zero-order valence-corrected chi connectivity index (χ0v) is 14.0. The second kappa shape index (κ2) is 7.84. The Kier molecular flexibility index (Phi) is 6.10. The van der Waals surface area contributed by atoms with Crippen molar-refractivity contribution in [3.63, 3.8) is 0 Å². The van der Waals surface area contributed by atoms with E-state index in [1.54, 1.807) is 6.07 Å². The Hall–Kier alpha value is -1.02. The first-order chi connectivity index (χ1) is 10.1. The van der Waals surface area contributed by atoms with Crippen molar-refractivity contribution in [3.05, 3.63) is 69.2 Å². The molecule has 0 saturated carbocycles. The summed E-state index contributed by atoms with van der Waals surface area (Å²) in [5.41, 5.74) is 3.78. The second-order valence-corrected chi connectivity index (χ2v) is 6.12. The van der Waals surface area contributed by atoms with Gasteiger partial charge in [0.25, 0.3) is 0 Å². The maximum atomic E-state index is 6.27. The Morgan fingerprint density at radius 1 is 1.05 bits per heavy atom. The lowest BCUT2D eigenvalue weighted by Gasteiger charge is -2.18. The van der Waals surface area contributed by atoms with Crippen molar-refractivity contribution < 1.29 is 0 Å². The third-order valence-electron chi connectivity index (χ3n) is 3.71. The minimum atomic E-state index is 0.249. The van der Waals surface area contributed by atoms with Gasteiger partial charge in [-0.15, -0.1) is 0 Å². The summed E-state index contributed by atoms with van der Waals surface area (Å²) in [6, 6.07) is 14.8. The van der Waals surface area contributed by atoms with Crippen LogP contribution in [0.2, 0.25) is 10.0 Å². The maximum Gasteiger partial charge on any atom is 0.0453 e. The molecule has 3 heteroatoms. The third-order valence-corrected chi connectivity index (χ3v) is 4.30. The molecular formula is C18H21Cl2N. The number of benzene rings is 2. The third kappa shape index (κ3) is 4.47. The molecular weight excluding hydrogens is 301 g/mol. The Morgan fingerprint density at radius 3 is 2.33 bits per heavy atom. The topological polar surface area (TPSA) is 12.0 Å². The number of hydrogen-bond acceptors (Lipinski definition) is 1. The van der Waals surface area contributed by atoms with Crippen LogP contribution in [0.5, 0.6) is 0 Å². The molecule has 0 aromatic heterocycles. The van der Waals surface area contributed by atoms with Gasteiger partial charge in [-0.1, -0.05) is 66.9 Å². The lowest BCUT2D eigenvalue weighted by atomic mass is 9.97. The van der Waals surface area contributed by atoms with E-state index in [4.69, 9.17) is 23.2 Å². The van der Waals surface area contributed by atoms with E-state index < -0.39 is 0 Å². The van der Waals surface area contributed by atoms with Crippen LogP contribution in [-0.2, 0) is 12.8 Å². The van der Waals surface area contributed by atoms with Crippen LogP contribution in [0.4, 0.5) is 0 Å². The fourth-order valence-corrected chi connectivity index (χ4v) is 2.98. The first-order valence-corrected chi connectivity index (χ1v) is 8.09. The normalized spacial score (nSPS) is 12.4. The molecule has 21 heavy (non-hydrogen) atoms. The van der Waals surface area contributed by atoms with Crippen LogP contribution >= 0.6 is 23.2 Å². The quantitative estimate of drug-likeness (QED) is 0.746. The highest BCUT2D eigenvalue weighted by molar-refractivity contribution is 6.35. The van der Waals surface area contributed by atoms with Crippen molar-refractivity contribution in [1.82, 2.24) is 5.32 Å². The average Bonchev–Trinajstić information content (AvgIpc) is 2.48. The molecule has 0 bridgehead atoms. The Labute approximate surface area is 137 Å². The first kappa shape index (κ1) is 16.4. The summed E-state index contributed by atoms with van der Waals surface area (Å²) < 4.78 is 0. The Bertz CT molecular complexity index is 578. The van der Waals surface area contributed by atoms with Gasteiger partial charge in [-0.25, -0.2) is 0 Å². The predicted octanol–water partition coefficient (Wildman–Crippen LogP) is 5.45. The minimum Gasteiger partial charge on any atom is -0.313 e. The average molecular weight is 322 g/mol. The molecule has 0 aliphatic carbocycles. The highest BCUT2D eigenvalue weighted by Crippen LogP contribution is 2.26. The van der Waals surface area contributed by atoms with Crippen molar-refractivity contribution in [1.29, 1.82) is 0 Å². The predicted molar refractivity (Wildman–Crippen MR) is 92.4 cm³/mol. The molecule has 0 saturated heterocycles. The van der Waals surface area contributed by atoms with Crippen LogP contribution in [0.1, 0.15) is 36.1 Å². The fourth-order valence-electron chi connectivity index (χ4n) is 2.50. The summed E-state index contributed by atoms with van der Waals surface area (Å²) in [7, 11) is 1.98. The molecule has 0 spiro atoms. The monoisotopic (exact) mass is 321 g/mol. The van der Waals surface area contributed by atoms with Gasteiger partial charge in [-0.05, 0) is 48.7 Å². The lowest BCUT2D eigenvalue weighted by molar-refractivity contribution is 0.592. The van der Waals surface area contributed by atoms with E-state index in [0.29, 0.717) is 5.02 Å². The molecule has 2 rings (SSSR count). The molecule has 1 unspecified atom stereocenters. The summed E-state index contributed by atoms with van der Waals surface area (Å²) >= 11 is 12.2. The van der Waals surface area contributed by atoms with E-state index in [2.05, 4.69) is 36.5 Å². The number of hydrogen-bond donors (Lipinski definition) is 1. The Balaban J connectivity index is 2.15. The Morgan fingerprint density at radius 2 is 1.76 bits per heavy atom. The van der Waals surface area contributed by atoms with Crippen molar-refractivity contribution in [3.8, 4) is 0 Å². The zero-order chi connectivity index (χ0) is 15.2. The van der Waals surface area contributed by atoms with E-state index in [9.17, 15) is 0 Å². The molecule has 0 heterocycles. The van der Waals surface area contributed by atoms with E-state index in [1.165, 1.54) is 17.5 Å². The minimum absolute atomic E-state index is 0.249. The summed E-state index contributed by atoms with van der Waals surface area (Å²) in [5.74, 6) is 0. The van der Waals surface area contributed by atoms with Crippen molar-refractivity contribution in [2.45, 2.75) is 32.2 Å². The standard InChI is InChI=1S/C18H21Cl2N/c1-3-4-13-5-7-14(8-6-13)18(21-2)11-15-9-10-16(19)12-17(15)20/h5-10,12,18,21H,3-4,11H2,1-2H3. The molecule has 2 aromatic carbocycles. The van der Waals surface area contributed by atoms with E-state index >= 15 is 0 Å². The number of likely N-dealkylation sites (N-methyl/N-ethyl adjacent to an activating group) is 1. The summed E-state index contributed by atoms with van der Waals surface area (Å²) in [4.78, 5) is 0. The van der Waals surface area contributed by atoms with Gasteiger partial charge in [-0.3, -0.25) is 0 Å². The van der Waals surface area contributed by atoms with Gasteiger partial charge in [-0.2, -0.15) is 0 Å². The summed E-state index contributed by atoms with van der Waals surface area (Å²) in [5, 5.41) is 4.77. The van der Waals surface area contributed by atoms with Gasteiger partial charge < -0.3 is 5.32 Å². The van der Waals surface area contributed by atoms with Crippen LogP contribution in [0.15, 0.2) is 42.5 Å². The van der Waals surface area contributed by atoms with Crippen molar-refractivity contribution in [2.24, 2.45) is 0 Å². The molecule has 1 N–H and O–H groups in total. The number of rotatable bonds is 6. The second-order valence-electron chi connectivity index (χ2n) is 5.27. The fraction of sp³-hybridized carbons (Fsp3) is 0.333. The zero-order valence-electron chi connectivity index (χ0n) is 12.5. The maximum absolute atomic E-state index is 6.27. The van der Waals surface area contributed by atoms with Crippen molar-refractivity contribution in [2.75, 3.05) is 7.05 Å². The molecule has 0 radical (unpaired) electrons. The van der Waals surface area contributed by atoms with Crippen LogP contribution in [-0.4, -0.2) is 7.05 Å². The van der Waals surface area contributed by atoms with E-state index in [1.807, 2.05) is 19.2 Å². The molecule has 1 atom stereocenters. The van der Waals surface area contributed by atoms with Gasteiger partial charge in [0.15, 0.2) is 0 Å². The smallest absolute Gasteiger partial charge is 0.0453 e. The molecule has 2 aromatic rings. The number of halogens is 2. The van der Waals surface area contributed by atoms with Gasteiger partial charge in [0.1, 0.15) is 0 Å². The van der Waals surface area contributed by atoms with Crippen molar-refractivity contribution >= 4 is 23.2 Å². The van der Waals surface area contributed by atoms with Gasteiger partial charge in [0.05, 0.1) is 0 Å². The molecule has 0 aliphatic rings. The molecule has 1 nitrogen and oxygen atoms in total. The van der Waals surface area contributed by atoms with Crippen LogP contribution in [0.25, 0.3) is 0 Å². The first-order valence-electron chi connectivity index (χ1n) is 7.34. The van der Waals surface area contributed by atoms with Crippen LogP contribution < -0.4 is 5.32 Å². The lowest BCUT2D eigenvalue weighted by Crippen LogP contribution is -2.19. The van der Waals surface area contributed by atoms with Gasteiger partial charge >= 0.3 is 0 Å². The number of nitrogens with one attached hydrogen (secondary N) is 1. The van der Waals surface area contributed by atoms with E-state index in [0.717, 1.165) is 23.4 Å².